The first-order valence-corrected chi connectivity index (χ1v) is 8.37. The molecule has 0 aliphatic carbocycles. The van der Waals surface area contributed by atoms with Crippen molar-refractivity contribution in [2.24, 2.45) is 11.8 Å². The van der Waals surface area contributed by atoms with Crippen molar-refractivity contribution in [3.63, 3.8) is 0 Å². The van der Waals surface area contributed by atoms with E-state index in [4.69, 9.17) is 9.47 Å². The lowest BCUT2D eigenvalue weighted by Crippen LogP contribution is -2.22. The maximum absolute atomic E-state index is 11.8. The van der Waals surface area contributed by atoms with Gasteiger partial charge in [-0.3, -0.25) is 19.2 Å². The van der Waals surface area contributed by atoms with E-state index in [1.54, 1.807) is 0 Å². The molecule has 0 aromatic carbocycles. The molecular formula is C17H24O6. The summed E-state index contributed by atoms with van der Waals surface area (Å²) in [6.45, 7) is 0.824. The van der Waals surface area contributed by atoms with Crippen LogP contribution in [0, 0.1) is 11.8 Å². The quantitative estimate of drug-likeness (QED) is 0.603. The maximum Gasteiger partial charge on any atom is 0.306 e. The van der Waals surface area contributed by atoms with E-state index in [-0.39, 0.29) is 48.2 Å². The fraction of sp³-hybridized carbons (Fsp3) is 0.765. The van der Waals surface area contributed by atoms with E-state index in [0.29, 0.717) is 45.3 Å². The Bertz CT molecular complexity index is 460. The van der Waals surface area contributed by atoms with Crippen molar-refractivity contribution in [3.8, 4) is 0 Å². The van der Waals surface area contributed by atoms with Gasteiger partial charge in [-0.05, 0) is 25.2 Å². The molecule has 0 aromatic rings. The van der Waals surface area contributed by atoms with Crippen molar-refractivity contribution < 1.29 is 28.7 Å². The normalized spacial score (nSPS) is 24.2. The first-order valence-electron chi connectivity index (χ1n) is 8.37. The molecule has 0 saturated carbocycles. The highest BCUT2D eigenvalue weighted by Crippen LogP contribution is 2.21. The summed E-state index contributed by atoms with van der Waals surface area (Å²) in [5.74, 6) is 0.237. The lowest BCUT2D eigenvalue weighted by Gasteiger charge is -2.20. The highest BCUT2D eigenvalue weighted by atomic mass is 16.5. The van der Waals surface area contributed by atoms with Gasteiger partial charge in [-0.2, -0.15) is 0 Å². The molecule has 2 saturated heterocycles. The van der Waals surface area contributed by atoms with Crippen LogP contribution >= 0.6 is 0 Å². The first-order chi connectivity index (χ1) is 11.0. The molecule has 2 unspecified atom stereocenters. The van der Waals surface area contributed by atoms with Crippen LogP contribution in [-0.2, 0) is 28.7 Å². The number of hydrogen-bond acceptors (Lipinski definition) is 6. The molecule has 0 bridgehead atoms. The topological polar surface area (TPSA) is 86.7 Å². The van der Waals surface area contributed by atoms with E-state index in [9.17, 15) is 19.2 Å². The van der Waals surface area contributed by atoms with Gasteiger partial charge < -0.3 is 9.47 Å². The third kappa shape index (κ3) is 6.50. The van der Waals surface area contributed by atoms with E-state index in [1.165, 1.54) is 0 Å². The maximum atomic E-state index is 11.8. The zero-order valence-corrected chi connectivity index (χ0v) is 13.4. The fourth-order valence-corrected chi connectivity index (χ4v) is 2.92. The third-order valence-electron chi connectivity index (χ3n) is 4.52. The number of carbonyl (C=O) groups excluding carboxylic acids is 4. The summed E-state index contributed by atoms with van der Waals surface area (Å²) < 4.78 is 9.83. The van der Waals surface area contributed by atoms with Crippen LogP contribution in [0.5, 0.6) is 0 Å². The molecule has 128 valence electrons. The van der Waals surface area contributed by atoms with Crippen LogP contribution < -0.4 is 0 Å². The van der Waals surface area contributed by atoms with Gasteiger partial charge in [0.25, 0.3) is 0 Å². The molecular weight excluding hydrogens is 300 g/mol. The Labute approximate surface area is 135 Å². The number of ketones is 2. The van der Waals surface area contributed by atoms with E-state index in [2.05, 4.69) is 0 Å². The Morgan fingerprint density at radius 1 is 0.826 bits per heavy atom. The Balaban J connectivity index is 1.52. The second kappa shape index (κ2) is 8.79. The molecule has 2 aliphatic heterocycles. The highest BCUT2D eigenvalue weighted by Gasteiger charge is 2.24. The molecule has 2 fully saturated rings. The van der Waals surface area contributed by atoms with Gasteiger partial charge in [-0.1, -0.05) is 0 Å². The lowest BCUT2D eigenvalue weighted by atomic mass is 9.94. The Morgan fingerprint density at radius 3 is 1.91 bits per heavy atom. The second-order valence-electron chi connectivity index (χ2n) is 6.50. The van der Waals surface area contributed by atoms with Gasteiger partial charge in [0, 0.05) is 38.0 Å². The van der Waals surface area contributed by atoms with Crippen molar-refractivity contribution in [1.82, 2.24) is 0 Å². The molecule has 2 atom stereocenters. The van der Waals surface area contributed by atoms with Gasteiger partial charge in [-0.15, -0.1) is 0 Å². The van der Waals surface area contributed by atoms with Crippen molar-refractivity contribution in [1.29, 1.82) is 0 Å². The standard InChI is InChI=1S/C17H24O6/c18-14(4-1-12-3-8-16(20)22-10-12)6-7-15(19)5-2-13-9-17(21)23-11-13/h12-13H,1-11H2. The van der Waals surface area contributed by atoms with Crippen LogP contribution in [0.3, 0.4) is 0 Å². The van der Waals surface area contributed by atoms with Gasteiger partial charge in [0.1, 0.15) is 11.6 Å². The van der Waals surface area contributed by atoms with Crippen molar-refractivity contribution >= 4 is 23.5 Å². The van der Waals surface area contributed by atoms with E-state index >= 15 is 0 Å². The van der Waals surface area contributed by atoms with E-state index in [0.717, 1.165) is 12.8 Å². The molecule has 0 spiro atoms. The fourth-order valence-electron chi connectivity index (χ4n) is 2.92. The summed E-state index contributed by atoms with van der Waals surface area (Å²) in [6.07, 6.45) is 4.42. The van der Waals surface area contributed by atoms with Gasteiger partial charge in [0.15, 0.2) is 0 Å². The lowest BCUT2D eigenvalue weighted by molar-refractivity contribution is -0.149. The van der Waals surface area contributed by atoms with Crippen LogP contribution in [-0.4, -0.2) is 36.7 Å². The molecule has 0 radical (unpaired) electrons. The number of Topliss-reactive ketones (excluding diaryl/α,β-unsaturated/α-hetero) is 2. The van der Waals surface area contributed by atoms with E-state index in [1.807, 2.05) is 0 Å². The number of rotatable bonds is 9. The Kier molecular flexibility index (Phi) is 6.74. The van der Waals surface area contributed by atoms with Crippen LogP contribution in [0.25, 0.3) is 0 Å². The molecule has 0 amide bonds. The minimum absolute atomic E-state index is 0.0734. The minimum atomic E-state index is -0.189. The number of ether oxygens (including phenoxy) is 2. The Morgan fingerprint density at radius 2 is 1.39 bits per heavy atom. The smallest absolute Gasteiger partial charge is 0.306 e. The molecule has 6 heteroatoms. The number of esters is 2. The SMILES string of the molecule is O=C(CCC(=O)CCC1COC(=O)C1)CCC1CCC(=O)OC1. The third-order valence-corrected chi connectivity index (χ3v) is 4.52. The summed E-state index contributed by atoms with van der Waals surface area (Å²) in [7, 11) is 0. The van der Waals surface area contributed by atoms with Gasteiger partial charge in [0.05, 0.1) is 19.6 Å². The van der Waals surface area contributed by atoms with Crippen molar-refractivity contribution in [3.05, 3.63) is 0 Å². The molecule has 0 N–H and O–H groups in total. The highest BCUT2D eigenvalue weighted by molar-refractivity contribution is 5.86. The average Bonchev–Trinajstić information content (AvgIpc) is 2.96. The van der Waals surface area contributed by atoms with Gasteiger partial charge in [0.2, 0.25) is 0 Å². The zero-order valence-electron chi connectivity index (χ0n) is 13.4. The molecule has 2 aliphatic rings. The summed E-state index contributed by atoms with van der Waals surface area (Å²) >= 11 is 0. The zero-order chi connectivity index (χ0) is 16.7. The summed E-state index contributed by atoms with van der Waals surface area (Å²) in [6, 6.07) is 0. The Hall–Kier alpha value is -1.72. The average molecular weight is 324 g/mol. The van der Waals surface area contributed by atoms with Crippen LogP contribution in [0.15, 0.2) is 0 Å². The number of hydrogen-bond donors (Lipinski definition) is 0. The molecule has 2 heterocycles. The van der Waals surface area contributed by atoms with Gasteiger partial charge in [-0.25, -0.2) is 0 Å². The van der Waals surface area contributed by atoms with Crippen LogP contribution in [0.1, 0.15) is 57.8 Å². The van der Waals surface area contributed by atoms with Crippen molar-refractivity contribution in [2.45, 2.75) is 57.8 Å². The number of cyclic esters (lactones) is 2. The largest absolute Gasteiger partial charge is 0.465 e. The monoisotopic (exact) mass is 324 g/mol. The van der Waals surface area contributed by atoms with E-state index < -0.39 is 0 Å². The number of carbonyl (C=O) groups is 4. The molecule has 0 aromatic heterocycles. The van der Waals surface area contributed by atoms with Gasteiger partial charge >= 0.3 is 11.9 Å². The van der Waals surface area contributed by atoms with Crippen LogP contribution in [0.2, 0.25) is 0 Å². The summed E-state index contributed by atoms with van der Waals surface area (Å²) in [4.78, 5) is 45.5. The minimum Gasteiger partial charge on any atom is -0.465 e. The summed E-state index contributed by atoms with van der Waals surface area (Å²) in [5.41, 5.74) is 0. The first kappa shape index (κ1) is 17.6. The molecule has 2 rings (SSSR count). The predicted molar refractivity (Wildman–Crippen MR) is 80.5 cm³/mol. The van der Waals surface area contributed by atoms with Crippen molar-refractivity contribution in [2.75, 3.05) is 13.2 Å². The van der Waals surface area contributed by atoms with Crippen LogP contribution in [0.4, 0.5) is 0 Å². The molecule has 23 heavy (non-hydrogen) atoms. The second-order valence-corrected chi connectivity index (χ2v) is 6.50. The predicted octanol–water partition coefficient (Wildman–Crippen LogP) is 1.98. The summed E-state index contributed by atoms with van der Waals surface area (Å²) in [5, 5.41) is 0. The molecule has 6 nitrogen and oxygen atoms in total.